The van der Waals surface area contributed by atoms with E-state index in [2.05, 4.69) is 38.2 Å². The summed E-state index contributed by atoms with van der Waals surface area (Å²) in [5.41, 5.74) is 0. The molecule has 0 aliphatic heterocycles. The zero-order valence-electron chi connectivity index (χ0n) is 26.0. The number of nitrogens with zero attached hydrogens (tertiary/aromatic N) is 1. The summed E-state index contributed by atoms with van der Waals surface area (Å²) in [6, 6.07) is -0.612. The molecular weight excluding hydrogens is 510 g/mol. The summed E-state index contributed by atoms with van der Waals surface area (Å²) in [7, 11) is 5.48. The Kier molecular flexibility index (Phi) is 23.2. The van der Waals surface area contributed by atoms with Crippen LogP contribution in [0.2, 0.25) is 0 Å². The number of esters is 2. The van der Waals surface area contributed by atoms with Crippen LogP contribution in [0, 0.1) is 0 Å². The molecule has 0 amide bonds. The third kappa shape index (κ3) is 22.6. The first-order valence-electron chi connectivity index (χ1n) is 15.4. The molecule has 0 radical (unpaired) electrons. The number of likely N-dealkylation sites (N-methyl/N-ethyl adjacent to an activating group) is 1. The van der Waals surface area contributed by atoms with Crippen LogP contribution in [0.5, 0.6) is 0 Å². The van der Waals surface area contributed by atoms with Crippen molar-refractivity contribution < 1.29 is 38.2 Å². The zero-order valence-corrected chi connectivity index (χ0v) is 26.0. The molecule has 8 heteroatoms. The zero-order chi connectivity index (χ0) is 30.1. The molecule has 1 N–H and O–H groups in total. The minimum absolute atomic E-state index is 0.0524. The molecule has 0 fully saturated rings. The minimum Gasteiger partial charge on any atom is -0.477 e. The van der Waals surface area contributed by atoms with Crippen molar-refractivity contribution in [3.8, 4) is 0 Å². The Bertz CT molecular complexity index is 727. The molecule has 0 aliphatic carbocycles. The second kappa shape index (κ2) is 24.6. The molecule has 0 heterocycles. The van der Waals surface area contributed by atoms with Crippen molar-refractivity contribution in [1.29, 1.82) is 0 Å². The largest absolute Gasteiger partial charge is 0.477 e. The molecule has 2 unspecified atom stereocenters. The smallest absolute Gasteiger partial charge is 0.362 e. The molecule has 40 heavy (non-hydrogen) atoms. The van der Waals surface area contributed by atoms with Crippen molar-refractivity contribution in [2.24, 2.45) is 0 Å². The SMILES string of the molecule is CC/C=C/C/C=C/CCCCC(=O)OCC(COCCC(C(=O)O)[N+](C)(C)C)OC(=O)CCCCCCCCC. The third-order valence-electron chi connectivity index (χ3n) is 6.62. The van der Waals surface area contributed by atoms with E-state index in [9.17, 15) is 19.5 Å². The van der Waals surface area contributed by atoms with Gasteiger partial charge in [-0.1, -0.05) is 76.7 Å². The average molecular weight is 569 g/mol. The van der Waals surface area contributed by atoms with Crippen molar-refractivity contribution in [3.63, 3.8) is 0 Å². The number of carboxylic acid groups (broad SMARTS) is 1. The second-order valence-corrected chi connectivity index (χ2v) is 11.3. The lowest BCUT2D eigenvalue weighted by atomic mass is 10.1. The Morgan fingerprint density at radius 3 is 2.05 bits per heavy atom. The van der Waals surface area contributed by atoms with E-state index in [0.29, 0.717) is 19.3 Å². The van der Waals surface area contributed by atoms with E-state index in [1.165, 1.54) is 25.7 Å². The fourth-order valence-corrected chi connectivity index (χ4v) is 4.18. The van der Waals surface area contributed by atoms with Crippen molar-refractivity contribution in [3.05, 3.63) is 24.3 Å². The van der Waals surface area contributed by atoms with Gasteiger partial charge < -0.3 is 23.8 Å². The summed E-state index contributed by atoms with van der Waals surface area (Å²) in [5, 5.41) is 9.50. The van der Waals surface area contributed by atoms with Crippen LogP contribution in [-0.2, 0) is 28.6 Å². The van der Waals surface area contributed by atoms with E-state index >= 15 is 0 Å². The quantitative estimate of drug-likeness (QED) is 0.0542. The fourth-order valence-electron chi connectivity index (χ4n) is 4.18. The predicted molar refractivity (Wildman–Crippen MR) is 160 cm³/mol. The van der Waals surface area contributed by atoms with Gasteiger partial charge in [-0.05, 0) is 38.5 Å². The van der Waals surface area contributed by atoms with Crippen LogP contribution < -0.4 is 0 Å². The van der Waals surface area contributed by atoms with Crippen LogP contribution in [0.15, 0.2) is 24.3 Å². The van der Waals surface area contributed by atoms with E-state index in [1.807, 2.05) is 21.1 Å². The lowest BCUT2D eigenvalue weighted by Gasteiger charge is -2.31. The summed E-state index contributed by atoms with van der Waals surface area (Å²) in [4.78, 5) is 36.3. The average Bonchev–Trinajstić information content (AvgIpc) is 2.89. The molecule has 0 aliphatic rings. The molecule has 0 saturated heterocycles. The van der Waals surface area contributed by atoms with Crippen LogP contribution >= 0.6 is 0 Å². The van der Waals surface area contributed by atoms with Gasteiger partial charge >= 0.3 is 17.9 Å². The number of carbonyl (C=O) groups excluding carboxylic acids is 2. The maximum Gasteiger partial charge on any atom is 0.362 e. The molecule has 0 saturated carbocycles. The molecule has 0 spiro atoms. The number of hydrogen-bond acceptors (Lipinski definition) is 6. The highest BCUT2D eigenvalue weighted by molar-refractivity contribution is 5.72. The first-order chi connectivity index (χ1) is 19.1. The first-order valence-corrected chi connectivity index (χ1v) is 15.4. The van der Waals surface area contributed by atoms with E-state index in [4.69, 9.17) is 14.2 Å². The van der Waals surface area contributed by atoms with Gasteiger partial charge in [0.25, 0.3) is 0 Å². The second-order valence-electron chi connectivity index (χ2n) is 11.3. The van der Waals surface area contributed by atoms with Gasteiger partial charge in [0.2, 0.25) is 0 Å². The van der Waals surface area contributed by atoms with Gasteiger partial charge in [0, 0.05) is 19.3 Å². The summed E-state index contributed by atoms with van der Waals surface area (Å²) in [6.45, 7) is 4.49. The Labute approximate surface area is 243 Å². The van der Waals surface area contributed by atoms with Crippen molar-refractivity contribution in [2.75, 3.05) is 41.0 Å². The maximum absolute atomic E-state index is 12.4. The predicted octanol–water partition coefficient (Wildman–Crippen LogP) is 6.62. The lowest BCUT2D eigenvalue weighted by Crippen LogP contribution is -2.50. The maximum atomic E-state index is 12.4. The van der Waals surface area contributed by atoms with Crippen LogP contribution in [0.4, 0.5) is 0 Å². The van der Waals surface area contributed by atoms with Gasteiger partial charge in [0.1, 0.15) is 6.61 Å². The molecular formula is C32H58NO7+. The molecule has 2 atom stereocenters. The Hall–Kier alpha value is -2.19. The number of rotatable bonds is 26. The monoisotopic (exact) mass is 568 g/mol. The fraction of sp³-hybridized carbons (Fsp3) is 0.781. The number of carbonyl (C=O) groups is 3. The number of allylic oxidation sites excluding steroid dienone is 4. The van der Waals surface area contributed by atoms with E-state index < -0.39 is 18.1 Å². The standard InChI is InChI=1S/C32H57NO7/c1-6-8-10-12-14-15-17-18-20-22-30(34)39-27-28(26-38-25-24-29(32(36)37)33(3,4)5)40-31(35)23-21-19-16-13-11-9-7-2/h8,10,14-15,28-29H,6-7,9,11-13,16-27H2,1-5H3/p+1/b10-8+,15-14+. The number of quaternary nitrogens is 1. The van der Waals surface area contributed by atoms with Gasteiger partial charge in [0.05, 0.1) is 34.4 Å². The normalized spacial score (nSPS) is 13.5. The molecule has 0 aromatic heterocycles. The van der Waals surface area contributed by atoms with Crippen LogP contribution in [0.1, 0.15) is 110 Å². The van der Waals surface area contributed by atoms with Crippen molar-refractivity contribution >= 4 is 17.9 Å². The van der Waals surface area contributed by atoms with Crippen molar-refractivity contribution in [1.82, 2.24) is 0 Å². The van der Waals surface area contributed by atoms with Gasteiger partial charge in [-0.15, -0.1) is 0 Å². The van der Waals surface area contributed by atoms with Gasteiger partial charge in [-0.3, -0.25) is 9.59 Å². The van der Waals surface area contributed by atoms with E-state index in [0.717, 1.165) is 51.4 Å². The summed E-state index contributed by atoms with van der Waals surface area (Å²) >= 11 is 0. The summed E-state index contributed by atoms with van der Waals surface area (Å²) in [5.74, 6) is -1.53. The number of hydrogen-bond donors (Lipinski definition) is 1. The Balaban J connectivity index is 4.57. The van der Waals surface area contributed by atoms with Gasteiger partial charge in [-0.25, -0.2) is 4.79 Å². The highest BCUT2D eigenvalue weighted by Crippen LogP contribution is 2.12. The number of aliphatic carboxylic acids is 1. The molecule has 0 bridgehead atoms. The van der Waals surface area contributed by atoms with E-state index in [-0.39, 0.29) is 36.2 Å². The lowest BCUT2D eigenvalue weighted by molar-refractivity contribution is -0.887. The Morgan fingerprint density at radius 2 is 1.40 bits per heavy atom. The van der Waals surface area contributed by atoms with E-state index in [1.54, 1.807) is 0 Å². The topological polar surface area (TPSA) is 99.1 Å². The van der Waals surface area contributed by atoms with Crippen molar-refractivity contribution in [2.45, 2.75) is 122 Å². The van der Waals surface area contributed by atoms with Gasteiger partial charge in [-0.2, -0.15) is 0 Å². The molecule has 232 valence electrons. The Morgan fingerprint density at radius 1 is 0.775 bits per heavy atom. The highest BCUT2D eigenvalue weighted by atomic mass is 16.6. The number of carboxylic acids is 1. The minimum atomic E-state index is -0.883. The summed E-state index contributed by atoms with van der Waals surface area (Å²) in [6.07, 6.45) is 21.1. The molecule has 0 aromatic carbocycles. The number of unbranched alkanes of at least 4 members (excludes halogenated alkanes) is 8. The van der Waals surface area contributed by atoms with Crippen LogP contribution in [-0.4, -0.2) is 80.6 Å². The number of ether oxygens (including phenoxy) is 3. The van der Waals surface area contributed by atoms with Gasteiger partial charge in [0.15, 0.2) is 12.1 Å². The first kappa shape index (κ1) is 37.8. The summed E-state index contributed by atoms with van der Waals surface area (Å²) < 4.78 is 17.0. The molecule has 8 nitrogen and oxygen atoms in total. The third-order valence-corrected chi connectivity index (χ3v) is 6.62. The van der Waals surface area contributed by atoms with Crippen LogP contribution in [0.25, 0.3) is 0 Å². The van der Waals surface area contributed by atoms with Crippen LogP contribution in [0.3, 0.4) is 0 Å². The highest BCUT2D eigenvalue weighted by Gasteiger charge is 2.31. The molecule has 0 aromatic rings. The molecule has 0 rings (SSSR count).